The van der Waals surface area contributed by atoms with Crippen LogP contribution in [0.2, 0.25) is 0 Å². The number of aryl methyl sites for hydroxylation is 1. The summed E-state index contributed by atoms with van der Waals surface area (Å²) in [5, 5.41) is 18.1. The van der Waals surface area contributed by atoms with Gasteiger partial charge in [0, 0.05) is 11.6 Å². The summed E-state index contributed by atoms with van der Waals surface area (Å²) in [6.07, 6.45) is 0. The van der Waals surface area contributed by atoms with Crippen LogP contribution >= 0.6 is 0 Å². The van der Waals surface area contributed by atoms with Crippen LogP contribution in [-0.2, 0) is 0 Å². The molecule has 1 atom stereocenters. The molecule has 3 N–H and O–H groups in total. The number of hydrogen-bond donors (Lipinski definition) is 2. The fraction of sp³-hybridized carbons (Fsp3) is 0.176. The lowest BCUT2D eigenvalue weighted by Crippen LogP contribution is -2.13. The summed E-state index contributed by atoms with van der Waals surface area (Å²) in [4.78, 5) is 15.0. The number of H-pyrrole nitrogens is 1. The lowest BCUT2D eigenvalue weighted by atomic mass is 10.1. The Morgan fingerprint density at radius 1 is 1.24 bits per heavy atom. The summed E-state index contributed by atoms with van der Waals surface area (Å²) in [7, 11) is 1.38. The number of hydrogen-bond acceptors (Lipinski definition) is 6. The first kappa shape index (κ1) is 16.6. The number of nitrogens with two attached hydrogens (primary N) is 1. The minimum Gasteiger partial charge on any atom is -0.490 e. The number of methoxy groups -OCH3 is 1. The van der Waals surface area contributed by atoms with Crippen LogP contribution in [0.5, 0.6) is 5.75 Å². The average molecular weight is 339 g/mol. The number of nitrogens with zero attached hydrogens (tertiary/aromatic N) is 3. The quantitative estimate of drug-likeness (QED) is 0.545. The van der Waals surface area contributed by atoms with Crippen molar-refractivity contribution in [3.05, 3.63) is 69.5 Å². The monoisotopic (exact) mass is 339 g/mol. The summed E-state index contributed by atoms with van der Waals surface area (Å²) >= 11 is 0. The minimum atomic E-state index is -0.506. The molecule has 8 nitrogen and oxygen atoms in total. The highest BCUT2D eigenvalue weighted by molar-refractivity contribution is 5.63. The summed E-state index contributed by atoms with van der Waals surface area (Å²) in [5.41, 5.74) is 8.62. The number of ether oxygens (including phenoxy) is 1. The van der Waals surface area contributed by atoms with Crippen LogP contribution in [0, 0.1) is 17.0 Å². The van der Waals surface area contributed by atoms with Crippen molar-refractivity contribution >= 4 is 5.69 Å². The maximum absolute atomic E-state index is 11.1. The highest BCUT2D eigenvalue weighted by atomic mass is 16.6. The van der Waals surface area contributed by atoms with Gasteiger partial charge in [0.05, 0.1) is 18.1 Å². The molecule has 0 saturated carbocycles. The Morgan fingerprint density at radius 3 is 2.60 bits per heavy atom. The van der Waals surface area contributed by atoms with E-state index in [-0.39, 0.29) is 11.4 Å². The molecule has 3 rings (SSSR count). The van der Waals surface area contributed by atoms with Crippen LogP contribution < -0.4 is 10.5 Å². The first-order chi connectivity index (χ1) is 12.0. The van der Waals surface area contributed by atoms with Gasteiger partial charge in [-0.2, -0.15) is 5.10 Å². The zero-order chi connectivity index (χ0) is 18.0. The van der Waals surface area contributed by atoms with Gasteiger partial charge in [0.25, 0.3) is 0 Å². The van der Waals surface area contributed by atoms with Crippen molar-refractivity contribution in [3.63, 3.8) is 0 Å². The summed E-state index contributed by atoms with van der Waals surface area (Å²) in [5.74, 6) is 1.00. The fourth-order valence-electron chi connectivity index (χ4n) is 2.45. The second-order valence-corrected chi connectivity index (χ2v) is 5.58. The average Bonchev–Trinajstić information content (AvgIpc) is 3.11. The van der Waals surface area contributed by atoms with Crippen molar-refractivity contribution in [2.24, 2.45) is 5.73 Å². The van der Waals surface area contributed by atoms with Gasteiger partial charge in [-0.15, -0.1) is 0 Å². The Labute approximate surface area is 143 Å². The van der Waals surface area contributed by atoms with Gasteiger partial charge in [-0.3, -0.25) is 15.2 Å². The molecule has 25 heavy (non-hydrogen) atoms. The van der Waals surface area contributed by atoms with Crippen LogP contribution in [0.25, 0.3) is 11.4 Å². The molecule has 0 aliphatic rings. The summed E-state index contributed by atoms with van der Waals surface area (Å²) in [6, 6.07) is 11.9. The van der Waals surface area contributed by atoms with Gasteiger partial charge in [0.1, 0.15) is 5.82 Å². The van der Waals surface area contributed by atoms with Gasteiger partial charge in [-0.1, -0.05) is 29.8 Å². The van der Waals surface area contributed by atoms with Crippen molar-refractivity contribution < 1.29 is 9.66 Å². The Bertz CT molecular complexity index is 905. The first-order valence-electron chi connectivity index (χ1n) is 7.57. The van der Waals surface area contributed by atoms with Gasteiger partial charge < -0.3 is 10.5 Å². The maximum atomic E-state index is 11.1. The number of nitro groups is 1. The molecule has 2 aromatic carbocycles. The molecule has 0 unspecified atom stereocenters. The summed E-state index contributed by atoms with van der Waals surface area (Å²) < 4.78 is 5.00. The Morgan fingerprint density at radius 2 is 1.96 bits per heavy atom. The van der Waals surface area contributed by atoms with Gasteiger partial charge in [0.15, 0.2) is 11.6 Å². The van der Waals surface area contributed by atoms with Crippen molar-refractivity contribution in [1.29, 1.82) is 0 Å². The van der Waals surface area contributed by atoms with Crippen molar-refractivity contribution in [3.8, 4) is 17.1 Å². The molecule has 0 aliphatic carbocycles. The van der Waals surface area contributed by atoms with E-state index in [1.54, 1.807) is 6.07 Å². The topological polar surface area (TPSA) is 120 Å². The van der Waals surface area contributed by atoms with Crippen LogP contribution in [0.15, 0.2) is 42.5 Å². The molecule has 0 aliphatic heterocycles. The van der Waals surface area contributed by atoms with E-state index in [4.69, 9.17) is 10.5 Å². The van der Waals surface area contributed by atoms with Crippen LogP contribution in [0.1, 0.15) is 23.0 Å². The normalized spacial score (nSPS) is 12.0. The van der Waals surface area contributed by atoms with Gasteiger partial charge in [0.2, 0.25) is 0 Å². The Kier molecular flexibility index (Phi) is 4.44. The second kappa shape index (κ2) is 6.70. The fourth-order valence-corrected chi connectivity index (χ4v) is 2.45. The summed E-state index contributed by atoms with van der Waals surface area (Å²) in [6.45, 7) is 2.00. The lowest BCUT2D eigenvalue weighted by Gasteiger charge is -2.08. The third-order valence-electron chi connectivity index (χ3n) is 3.87. The van der Waals surface area contributed by atoms with Crippen molar-refractivity contribution in [1.82, 2.24) is 15.2 Å². The lowest BCUT2D eigenvalue weighted by molar-refractivity contribution is -0.385. The van der Waals surface area contributed by atoms with E-state index < -0.39 is 11.0 Å². The molecule has 128 valence electrons. The van der Waals surface area contributed by atoms with E-state index in [1.807, 2.05) is 31.2 Å². The molecular formula is C17H17N5O3. The van der Waals surface area contributed by atoms with E-state index in [1.165, 1.54) is 19.2 Å². The zero-order valence-corrected chi connectivity index (χ0v) is 13.8. The predicted molar refractivity (Wildman–Crippen MR) is 92.2 cm³/mol. The molecule has 0 spiro atoms. The molecule has 0 bridgehead atoms. The van der Waals surface area contributed by atoms with Crippen LogP contribution in [-0.4, -0.2) is 27.2 Å². The number of aromatic nitrogens is 3. The minimum absolute atomic E-state index is 0.144. The highest BCUT2D eigenvalue weighted by Crippen LogP contribution is 2.31. The van der Waals surface area contributed by atoms with E-state index in [9.17, 15) is 10.1 Å². The highest BCUT2D eigenvalue weighted by Gasteiger charge is 2.19. The molecular weight excluding hydrogens is 322 g/mol. The number of aromatic amines is 1. The molecule has 0 radical (unpaired) electrons. The van der Waals surface area contributed by atoms with Crippen LogP contribution in [0.3, 0.4) is 0 Å². The molecule has 1 aromatic heterocycles. The predicted octanol–water partition coefficient (Wildman–Crippen LogP) is 2.75. The molecule has 0 amide bonds. The smallest absolute Gasteiger partial charge is 0.311 e. The van der Waals surface area contributed by atoms with E-state index in [2.05, 4.69) is 15.2 Å². The molecule has 8 heteroatoms. The van der Waals surface area contributed by atoms with E-state index in [0.717, 1.165) is 11.1 Å². The van der Waals surface area contributed by atoms with Crippen LogP contribution in [0.4, 0.5) is 5.69 Å². The number of nitro benzene ring substituents is 1. The number of benzene rings is 2. The second-order valence-electron chi connectivity index (χ2n) is 5.58. The molecule has 1 heterocycles. The van der Waals surface area contributed by atoms with E-state index in [0.29, 0.717) is 17.2 Å². The standard InChI is InChI=1S/C17H17N5O3/c1-10-3-5-11(6-4-10)15(18)17-19-16(20-21-17)12-7-8-14(25-2)13(9-12)22(23)24/h3-9,15H,18H2,1-2H3,(H,19,20,21)/t15-/m1/s1. The number of nitrogens with one attached hydrogen (secondary N) is 1. The molecule has 3 aromatic rings. The maximum Gasteiger partial charge on any atom is 0.311 e. The SMILES string of the molecule is COc1ccc(-c2n[nH]c([C@H](N)c3ccc(C)cc3)n2)cc1[N+](=O)[O-]. The van der Waals surface area contributed by atoms with Gasteiger partial charge in [-0.25, -0.2) is 4.98 Å². The third kappa shape index (κ3) is 3.33. The Hall–Kier alpha value is -3.26. The third-order valence-corrected chi connectivity index (χ3v) is 3.87. The number of rotatable bonds is 5. The van der Waals surface area contributed by atoms with Gasteiger partial charge >= 0.3 is 5.69 Å². The molecule has 0 saturated heterocycles. The largest absolute Gasteiger partial charge is 0.490 e. The zero-order valence-electron chi connectivity index (χ0n) is 13.8. The van der Waals surface area contributed by atoms with Gasteiger partial charge in [-0.05, 0) is 24.6 Å². The Balaban J connectivity index is 1.92. The van der Waals surface area contributed by atoms with Crippen molar-refractivity contribution in [2.75, 3.05) is 7.11 Å². The first-order valence-corrected chi connectivity index (χ1v) is 7.57. The van der Waals surface area contributed by atoms with E-state index >= 15 is 0 Å². The van der Waals surface area contributed by atoms with Crippen molar-refractivity contribution in [2.45, 2.75) is 13.0 Å². The molecule has 0 fully saturated rings.